The second-order valence-electron chi connectivity index (χ2n) is 9.93. The lowest BCUT2D eigenvalue weighted by Gasteiger charge is -2.18. The van der Waals surface area contributed by atoms with Gasteiger partial charge in [0, 0.05) is 41.0 Å². The first-order valence-electron chi connectivity index (χ1n) is 12.7. The molecule has 0 spiro atoms. The smallest absolute Gasteiger partial charge is 0.255 e. The molecule has 2 amide bonds. The first-order valence-corrected chi connectivity index (χ1v) is 13.5. The summed E-state index contributed by atoms with van der Waals surface area (Å²) in [4.78, 5) is 29.5. The average molecular weight is 611 g/mol. The van der Waals surface area contributed by atoms with Gasteiger partial charge in [-0.2, -0.15) is 0 Å². The number of aliphatic hydroxyl groups is 1. The molecule has 218 valence electrons. The summed E-state index contributed by atoms with van der Waals surface area (Å²) in [5.41, 5.74) is 0.601. The highest BCUT2D eigenvalue weighted by atomic mass is 35.5. The Morgan fingerprint density at radius 2 is 1.79 bits per heavy atom. The molecule has 0 saturated carbocycles. The topological polar surface area (TPSA) is 122 Å². The fraction of sp³-hybridized carbons (Fsp3) is 0.200. The molecular formula is C30H28ClFN4O5S. The standard InChI is InChI=1S/C30H28ClFN4O5S/c1-30(2,39)16-34-28(38)21-14-20-23(15-26(21)40-3)33-11-10-24(20)41-25-9-8-19(13-22(25)32)35-29(42)36-27(37)12-17-4-6-18(31)7-5-17/h4-11,13-15,39H,12,16H2,1-3H3,(H,34,38)(H2,35,36,37,42). The zero-order chi connectivity index (χ0) is 30.4. The number of methoxy groups -OCH3 is 1. The Bertz CT molecular complexity index is 1640. The van der Waals surface area contributed by atoms with Crippen LogP contribution in [0.4, 0.5) is 10.1 Å². The number of benzene rings is 3. The largest absolute Gasteiger partial charge is 0.496 e. The summed E-state index contributed by atoms with van der Waals surface area (Å²) in [6, 6.07) is 15.6. The normalized spacial score (nSPS) is 11.1. The van der Waals surface area contributed by atoms with Gasteiger partial charge in [0.1, 0.15) is 11.5 Å². The third-order valence-electron chi connectivity index (χ3n) is 5.89. The third kappa shape index (κ3) is 8.12. The minimum Gasteiger partial charge on any atom is -0.496 e. The molecule has 0 aliphatic carbocycles. The number of hydrogen-bond acceptors (Lipinski definition) is 7. The van der Waals surface area contributed by atoms with Crippen LogP contribution in [0.3, 0.4) is 0 Å². The number of thiocarbonyl (C=S) groups is 1. The Kier molecular flexibility index (Phi) is 9.56. The van der Waals surface area contributed by atoms with Crippen molar-refractivity contribution in [1.29, 1.82) is 0 Å². The highest BCUT2D eigenvalue weighted by molar-refractivity contribution is 7.80. The Labute approximate surface area is 252 Å². The zero-order valence-electron chi connectivity index (χ0n) is 23.0. The van der Waals surface area contributed by atoms with Gasteiger partial charge in [0.2, 0.25) is 5.91 Å². The van der Waals surface area contributed by atoms with Crippen LogP contribution in [0.2, 0.25) is 5.02 Å². The molecule has 1 aromatic heterocycles. The van der Waals surface area contributed by atoms with Crippen molar-refractivity contribution in [3.63, 3.8) is 0 Å². The zero-order valence-corrected chi connectivity index (χ0v) is 24.5. The van der Waals surface area contributed by atoms with Crippen LogP contribution in [0.5, 0.6) is 17.2 Å². The number of carbonyl (C=O) groups excluding carboxylic acids is 2. The molecule has 0 aliphatic rings. The van der Waals surface area contributed by atoms with Crippen molar-refractivity contribution in [2.24, 2.45) is 0 Å². The molecule has 0 radical (unpaired) electrons. The highest BCUT2D eigenvalue weighted by Gasteiger charge is 2.20. The van der Waals surface area contributed by atoms with E-state index in [9.17, 15) is 14.7 Å². The molecule has 4 aromatic rings. The molecule has 12 heteroatoms. The van der Waals surface area contributed by atoms with Crippen molar-refractivity contribution in [3.05, 3.63) is 88.8 Å². The molecule has 0 atom stereocenters. The minimum atomic E-state index is -1.11. The van der Waals surface area contributed by atoms with Crippen LogP contribution >= 0.6 is 23.8 Å². The minimum absolute atomic E-state index is 0.00602. The van der Waals surface area contributed by atoms with Gasteiger partial charge in [0.15, 0.2) is 16.7 Å². The molecule has 0 bridgehead atoms. The first kappa shape index (κ1) is 30.6. The summed E-state index contributed by atoms with van der Waals surface area (Å²) in [6.45, 7) is 3.16. The van der Waals surface area contributed by atoms with E-state index in [-0.39, 0.29) is 46.8 Å². The molecular weight excluding hydrogens is 583 g/mol. The van der Waals surface area contributed by atoms with Gasteiger partial charge in [-0.25, -0.2) is 4.39 Å². The molecule has 1 heterocycles. The van der Waals surface area contributed by atoms with E-state index in [1.54, 1.807) is 50.2 Å². The molecule has 0 unspecified atom stereocenters. The SMILES string of the molecule is COc1cc2nccc(Oc3ccc(NC(=S)NC(=O)Cc4ccc(Cl)cc4)cc3F)c2cc1C(=O)NCC(C)(C)O. The number of nitrogens with one attached hydrogen (secondary N) is 3. The molecule has 9 nitrogen and oxygen atoms in total. The predicted octanol–water partition coefficient (Wildman–Crippen LogP) is 5.38. The summed E-state index contributed by atoms with van der Waals surface area (Å²) >= 11 is 11.1. The van der Waals surface area contributed by atoms with Crippen LogP contribution in [0.1, 0.15) is 29.8 Å². The first-order chi connectivity index (χ1) is 19.9. The number of anilines is 1. The summed E-state index contributed by atoms with van der Waals surface area (Å²) in [6.07, 6.45) is 1.58. The number of amides is 2. The van der Waals surface area contributed by atoms with E-state index in [4.69, 9.17) is 33.3 Å². The predicted molar refractivity (Wildman–Crippen MR) is 163 cm³/mol. The lowest BCUT2D eigenvalue weighted by atomic mass is 10.1. The van der Waals surface area contributed by atoms with E-state index in [1.807, 2.05) is 0 Å². The molecule has 42 heavy (non-hydrogen) atoms. The van der Waals surface area contributed by atoms with E-state index in [1.165, 1.54) is 37.6 Å². The van der Waals surface area contributed by atoms with E-state index in [0.717, 1.165) is 5.56 Å². The third-order valence-corrected chi connectivity index (χ3v) is 6.35. The highest BCUT2D eigenvalue weighted by Crippen LogP contribution is 2.34. The maximum atomic E-state index is 15.1. The van der Waals surface area contributed by atoms with Crippen LogP contribution in [0.15, 0.2) is 66.9 Å². The molecule has 4 rings (SSSR count). The van der Waals surface area contributed by atoms with Gasteiger partial charge in [-0.1, -0.05) is 23.7 Å². The van der Waals surface area contributed by atoms with E-state index in [2.05, 4.69) is 20.9 Å². The Hall–Kier alpha value is -4.32. The quantitative estimate of drug-likeness (QED) is 0.186. The van der Waals surface area contributed by atoms with Crippen LogP contribution < -0.4 is 25.4 Å². The van der Waals surface area contributed by atoms with Gasteiger partial charge in [-0.15, -0.1) is 0 Å². The number of rotatable bonds is 9. The van der Waals surface area contributed by atoms with E-state index < -0.39 is 17.3 Å². The number of ether oxygens (including phenoxy) is 2. The molecule has 3 aromatic carbocycles. The summed E-state index contributed by atoms with van der Waals surface area (Å²) in [7, 11) is 1.43. The van der Waals surface area contributed by atoms with Gasteiger partial charge >= 0.3 is 0 Å². The molecule has 4 N–H and O–H groups in total. The monoisotopic (exact) mass is 610 g/mol. The average Bonchev–Trinajstić information content (AvgIpc) is 2.93. The summed E-state index contributed by atoms with van der Waals surface area (Å²) in [5.74, 6) is -1.07. The number of fused-ring (bicyclic) bond motifs is 1. The van der Waals surface area contributed by atoms with Gasteiger partial charge in [-0.3, -0.25) is 14.6 Å². The van der Waals surface area contributed by atoms with Gasteiger partial charge in [0.25, 0.3) is 5.91 Å². The maximum absolute atomic E-state index is 15.1. The number of aromatic nitrogens is 1. The van der Waals surface area contributed by atoms with Crippen LogP contribution in [0, 0.1) is 5.82 Å². The molecule has 0 saturated heterocycles. The fourth-order valence-corrected chi connectivity index (χ4v) is 4.23. The van der Waals surface area contributed by atoms with Crippen molar-refractivity contribution in [2.75, 3.05) is 19.0 Å². The van der Waals surface area contributed by atoms with Crippen LogP contribution in [-0.4, -0.2) is 46.3 Å². The second kappa shape index (κ2) is 13.1. The molecule has 0 fully saturated rings. The fourth-order valence-electron chi connectivity index (χ4n) is 3.88. The van der Waals surface area contributed by atoms with Crippen molar-refractivity contribution >= 4 is 57.3 Å². The van der Waals surface area contributed by atoms with Gasteiger partial charge in [0.05, 0.1) is 30.2 Å². The number of carbonyl (C=O) groups is 2. The molecule has 0 aliphatic heterocycles. The maximum Gasteiger partial charge on any atom is 0.255 e. The Balaban J connectivity index is 1.48. The lowest BCUT2D eigenvalue weighted by molar-refractivity contribution is -0.119. The number of hydrogen-bond donors (Lipinski definition) is 4. The van der Waals surface area contributed by atoms with Crippen molar-refractivity contribution in [3.8, 4) is 17.2 Å². The van der Waals surface area contributed by atoms with Crippen molar-refractivity contribution < 1.29 is 28.6 Å². The number of halogens is 2. The lowest BCUT2D eigenvalue weighted by Crippen LogP contribution is -2.38. The van der Waals surface area contributed by atoms with Gasteiger partial charge in [-0.05, 0) is 68.0 Å². The Morgan fingerprint density at radius 1 is 1.05 bits per heavy atom. The summed E-state index contributed by atoms with van der Waals surface area (Å²) in [5, 5.41) is 19.0. The van der Waals surface area contributed by atoms with E-state index in [0.29, 0.717) is 21.6 Å². The summed E-state index contributed by atoms with van der Waals surface area (Å²) < 4.78 is 26.3. The van der Waals surface area contributed by atoms with E-state index >= 15 is 4.39 Å². The van der Waals surface area contributed by atoms with Gasteiger partial charge < -0.3 is 30.5 Å². The van der Waals surface area contributed by atoms with Crippen molar-refractivity contribution in [2.45, 2.75) is 25.9 Å². The number of pyridine rings is 1. The Morgan fingerprint density at radius 3 is 2.45 bits per heavy atom. The van der Waals surface area contributed by atoms with Crippen LogP contribution in [0.25, 0.3) is 10.9 Å². The second-order valence-corrected chi connectivity index (χ2v) is 10.8. The van der Waals surface area contributed by atoms with Crippen molar-refractivity contribution in [1.82, 2.24) is 15.6 Å². The number of nitrogens with zero attached hydrogens (tertiary/aromatic N) is 1. The van der Waals surface area contributed by atoms with Crippen LogP contribution in [-0.2, 0) is 11.2 Å².